The summed E-state index contributed by atoms with van der Waals surface area (Å²) in [7, 11) is 0. The van der Waals surface area contributed by atoms with Crippen molar-refractivity contribution in [2.45, 2.75) is 232 Å². The van der Waals surface area contributed by atoms with Gasteiger partial charge >= 0.3 is 17.9 Å². The van der Waals surface area contributed by atoms with E-state index in [1.807, 2.05) is 0 Å². The van der Waals surface area contributed by atoms with Crippen molar-refractivity contribution in [3.63, 3.8) is 0 Å². The number of hydrogen-bond donors (Lipinski definition) is 0. The molecule has 0 saturated heterocycles. The number of rotatable bonds is 48. The van der Waals surface area contributed by atoms with Gasteiger partial charge in [0, 0.05) is 19.3 Å². The second-order valence-electron chi connectivity index (χ2n) is 17.8. The van der Waals surface area contributed by atoms with Crippen molar-refractivity contribution in [3.05, 3.63) is 134 Å². The molecule has 0 rings (SSSR count). The Balaban J connectivity index is 4.36. The highest BCUT2D eigenvalue weighted by Gasteiger charge is 2.19. The Hall–Kier alpha value is -4.45. The molecule has 69 heavy (non-hydrogen) atoms. The van der Waals surface area contributed by atoms with Gasteiger partial charge in [-0.05, 0) is 109 Å². The van der Waals surface area contributed by atoms with Gasteiger partial charge in [-0.25, -0.2) is 0 Å². The lowest BCUT2D eigenvalue weighted by molar-refractivity contribution is -0.167. The summed E-state index contributed by atoms with van der Waals surface area (Å²) in [5, 5.41) is 0. The molecule has 0 aliphatic carbocycles. The number of unbranched alkanes of at least 4 members (excludes halogenated alkanes) is 15. The Labute approximate surface area is 424 Å². The fourth-order valence-corrected chi connectivity index (χ4v) is 6.99. The first kappa shape index (κ1) is 64.5. The van der Waals surface area contributed by atoms with Crippen molar-refractivity contribution in [3.8, 4) is 0 Å². The lowest BCUT2D eigenvalue weighted by atomic mass is 10.1. The van der Waals surface area contributed by atoms with Crippen LogP contribution in [0.25, 0.3) is 0 Å². The summed E-state index contributed by atoms with van der Waals surface area (Å²) in [6.45, 7) is 6.37. The topological polar surface area (TPSA) is 78.9 Å². The highest BCUT2D eigenvalue weighted by Crippen LogP contribution is 2.13. The molecule has 0 bridgehead atoms. The van der Waals surface area contributed by atoms with E-state index in [0.717, 1.165) is 128 Å². The van der Waals surface area contributed by atoms with Crippen molar-refractivity contribution in [2.24, 2.45) is 0 Å². The highest BCUT2D eigenvalue weighted by molar-refractivity contribution is 5.71. The average molecular weight is 953 g/mol. The summed E-state index contributed by atoms with van der Waals surface area (Å²) in [6.07, 6.45) is 78.9. The molecule has 0 aromatic carbocycles. The second-order valence-corrected chi connectivity index (χ2v) is 17.8. The van der Waals surface area contributed by atoms with Crippen molar-refractivity contribution in [1.29, 1.82) is 0 Å². The van der Waals surface area contributed by atoms with Crippen LogP contribution >= 0.6 is 0 Å². The van der Waals surface area contributed by atoms with Crippen molar-refractivity contribution in [1.82, 2.24) is 0 Å². The van der Waals surface area contributed by atoms with Crippen LogP contribution < -0.4 is 0 Å². The number of carbonyl (C=O) groups excluding carboxylic acids is 3. The Morgan fingerprint density at radius 3 is 0.986 bits per heavy atom. The Morgan fingerprint density at radius 1 is 0.304 bits per heavy atom. The molecule has 0 saturated carbocycles. The van der Waals surface area contributed by atoms with E-state index in [0.29, 0.717) is 19.3 Å². The molecule has 0 radical (unpaired) electrons. The summed E-state index contributed by atoms with van der Waals surface area (Å²) in [5.74, 6) is -0.994. The average Bonchev–Trinajstić information content (AvgIpc) is 3.35. The maximum absolute atomic E-state index is 12.8. The molecular formula is C63H100O6. The van der Waals surface area contributed by atoms with E-state index in [1.165, 1.54) is 51.4 Å². The SMILES string of the molecule is CC/C=C\C/C=C\C/C=C\C/C=C\C/C=C\C/C=C\C/C=C\C/C=C\C/C=C\CCCC(=O)OCC(COC(=O)CCCCCCCCCC)OC(=O)CCCCCCC/C=C\C/C=C\CCCC. The van der Waals surface area contributed by atoms with E-state index >= 15 is 0 Å². The molecule has 0 spiro atoms. The van der Waals surface area contributed by atoms with Gasteiger partial charge in [0.15, 0.2) is 6.10 Å². The minimum atomic E-state index is -0.810. The van der Waals surface area contributed by atoms with Crippen LogP contribution in [-0.2, 0) is 28.6 Å². The number of carbonyl (C=O) groups is 3. The van der Waals surface area contributed by atoms with Gasteiger partial charge in [-0.2, -0.15) is 0 Å². The van der Waals surface area contributed by atoms with Crippen LogP contribution in [0.2, 0.25) is 0 Å². The molecule has 0 aliphatic heterocycles. The van der Waals surface area contributed by atoms with Gasteiger partial charge in [-0.3, -0.25) is 14.4 Å². The molecule has 6 heteroatoms. The predicted octanol–water partition coefficient (Wildman–Crippen LogP) is 18.6. The first-order chi connectivity index (χ1) is 34.0. The van der Waals surface area contributed by atoms with Gasteiger partial charge in [0.2, 0.25) is 0 Å². The van der Waals surface area contributed by atoms with Crippen LogP contribution in [-0.4, -0.2) is 37.2 Å². The summed E-state index contributed by atoms with van der Waals surface area (Å²) in [6, 6.07) is 0. The van der Waals surface area contributed by atoms with Crippen LogP contribution in [0.1, 0.15) is 226 Å². The molecule has 6 nitrogen and oxygen atoms in total. The van der Waals surface area contributed by atoms with E-state index in [2.05, 4.69) is 154 Å². The molecule has 0 aliphatic rings. The van der Waals surface area contributed by atoms with Crippen molar-refractivity contribution >= 4 is 17.9 Å². The van der Waals surface area contributed by atoms with Crippen LogP contribution in [0.15, 0.2) is 134 Å². The molecular weight excluding hydrogens is 853 g/mol. The standard InChI is InChI=1S/C63H100O6/c1-4-7-10-13-16-19-21-23-25-26-27-28-29-30-31-32-33-34-35-36-37-38-39-41-42-44-47-50-53-56-62(65)68-59-60(58-67-61(64)55-52-49-46-18-15-12-9-6-3)69-63(66)57-54-51-48-45-43-40-24-22-20-17-14-11-8-5-2/h7,10,14,16-17,19,22-25,27-28,30-31,33-34,36-37,39,41,44,47,60H,4-6,8-9,11-13,15,18,20-21,26,29,32,35,38,40,42-43,45-46,48-59H2,1-3H3/b10-7-,17-14-,19-16-,24-22-,25-23-,28-27-,31-30-,34-33-,37-36-,41-39-,47-44-. The van der Waals surface area contributed by atoms with E-state index in [1.54, 1.807) is 0 Å². The highest BCUT2D eigenvalue weighted by atomic mass is 16.6. The van der Waals surface area contributed by atoms with Gasteiger partial charge in [0.1, 0.15) is 13.2 Å². The van der Waals surface area contributed by atoms with Gasteiger partial charge in [-0.1, -0.05) is 231 Å². The van der Waals surface area contributed by atoms with Crippen LogP contribution in [0, 0.1) is 0 Å². The Morgan fingerprint density at radius 2 is 0.594 bits per heavy atom. The van der Waals surface area contributed by atoms with Gasteiger partial charge in [-0.15, -0.1) is 0 Å². The van der Waals surface area contributed by atoms with Gasteiger partial charge in [0.05, 0.1) is 0 Å². The third-order valence-electron chi connectivity index (χ3n) is 11.1. The third-order valence-corrected chi connectivity index (χ3v) is 11.1. The summed E-state index contributed by atoms with van der Waals surface area (Å²) in [4.78, 5) is 37.9. The molecule has 388 valence electrons. The third kappa shape index (κ3) is 54.4. The zero-order chi connectivity index (χ0) is 50.0. The fourth-order valence-electron chi connectivity index (χ4n) is 6.99. The predicted molar refractivity (Wildman–Crippen MR) is 297 cm³/mol. The number of ether oxygens (including phenoxy) is 3. The summed E-state index contributed by atoms with van der Waals surface area (Å²) < 4.78 is 16.7. The number of hydrogen-bond acceptors (Lipinski definition) is 6. The van der Waals surface area contributed by atoms with Crippen LogP contribution in [0.4, 0.5) is 0 Å². The summed E-state index contributed by atoms with van der Waals surface area (Å²) >= 11 is 0. The quantitative estimate of drug-likeness (QED) is 0.0262. The number of esters is 3. The summed E-state index contributed by atoms with van der Waals surface area (Å²) in [5.41, 5.74) is 0. The van der Waals surface area contributed by atoms with E-state index < -0.39 is 6.10 Å². The maximum atomic E-state index is 12.8. The minimum absolute atomic E-state index is 0.105. The number of allylic oxidation sites excluding steroid dienone is 22. The molecule has 0 heterocycles. The smallest absolute Gasteiger partial charge is 0.306 e. The molecule has 0 N–H and O–H groups in total. The first-order valence-electron chi connectivity index (χ1n) is 27.7. The van der Waals surface area contributed by atoms with E-state index in [-0.39, 0.29) is 37.5 Å². The molecule has 0 amide bonds. The molecule has 0 aromatic rings. The van der Waals surface area contributed by atoms with E-state index in [4.69, 9.17) is 14.2 Å². The zero-order valence-electron chi connectivity index (χ0n) is 44.3. The lowest BCUT2D eigenvalue weighted by Crippen LogP contribution is -2.30. The Bertz CT molecular complexity index is 1510. The van der Waals surface area contributed by atoms with Crippen LogP contribution in [0.5, 0.6) is 0 Å². The van der Waals surface area contributed by atoms with Crippen molar-refractivity contribution in [2.75, 3.05) is 13.2 Å². The largest absolute Gasteiger partial charge is 0.462 e. The van der Waals surface area contributed by atoms with Gasteiger partial charge in [0.25, 0.3) is 0 Å². The van der Waals surface area contributed by atoms with Crippen molar-refractivity contribution < 1.29 is 28.6 Å². The normalized spacial score (nSPS) is 13.1. The molecule has 0 fully saturated rings. The Kier molecular flexibility index (Phi) is 52.5. The minimum Gasteiger partial charge on any atom is -0.462 e. The molecule has 0 aromatic heterocycles. The second kappa shape index (κ2) is 56.1. The lowest BCUT2D eigenvalue weighted by Gasteiger charge is -2.18. The van der Waals surface area contributed by atoms with Gasteiger partial charge < -0.3 is 14.2 Å². The molecule has 1 atom stereocenters. The van der Waals surface area contributed by atoms with E-state index in [9.17, 15) is 14.4 Å². The first-order valence-corrected chi connectivity index (χ1v) is 27.7. The fraction of sp³-hybridized carbons (Fsp3) is 0.603. The van der Waals surface area contributed by atoms with Crippen LogP contribution in [0.3, 0.4) is 0 Å². The maximum Gasteiger partial charge on any atom is 0.306 e. The molecule has 1 unspecified atom stereocenters. The monoisotopic (exact) mass is 953 g/mol. The zero-order valence-corrected chi connectivity index (χ0v) is 44.3.